The van der Waals surface area contributed by atoms with Crippen LogP contribution in [0.3, 0.4) is 0 Å². The van der Waals surface area contributed by atoms with E-state index in [0.717, 1.165) is 0 Å². The number of hydrogen-bond acceptors (Lipinski definition) is 4. The highest BCUT2D eigenvalue weighted by Gasteiger charge is 2.39. The van der Waals surface area contributed by atoms with Gasteiger partial charge < -0.3 is 4.90 Å². The van der Waals surface area contributed by atoms with E-state index >= 15 is 4.39 Å². The fourth-order valence-electron chi connectivity index (χ4n) is 4.46. The number of hydrogen-bond donors (Lipinski definition) is 1. The SMILES string of the molecule is O=C1CCC(N2Cc3cc(-c4ccc5c(c4F)CCC5=O)ccc3C2=O)C(=O)N1. The summed E-state index contributed by atoms with van der Waals surface area (Å²) in [4.78, 5) is 49.6. The second kappa shape index (κ2) is 6.34. The molecule has 0 bridgehead atoms. The highest BCUT2D eigenvalue weighted by molar-refractivity contribution is 6.05. The quantitative estimate of drug-likeness (QED) is 0.796. The van der Waals surface area contributed by atoms with E-state index in [1.54, 1.807) is 30.3 Å². The van der Waals surface area contributed by atoms with Crippen molar-refractivity contribution in [2.45, 2.75) is 38.3 Å². The lowest BCUT2D eigenvalue weighted by atomic mass is 9.96. The number of nitrogens with zero attached hydrogens (tertiary/aromatic N) is 1. The molecule has 1 N–H and O–H groups in total. The molecule has 2 aromatic carbocycles. The first-order valence-electron chi connectivity index (χ1n) is 9.56. The van der Waals surface area contributed by atoms with E-state index in [1.165, 1.54) is 4.90 Å². The maximum atomic E-state index is 15.0. The van der Waals surface area contributed by atoms with Crippen LogP contribution in [-0.4, -0.2) is 34.4 Å². The highest BCUT2D eigenvalue weighted by Crippen LogP contribution is 2.35. The summed E-state index contributed by atoms with van der Waals surface area (Å²) < 4.78 is 15.0. The van der Waals surface area contributed by atoms with Gasteiger partial charge in [-0.05, 0) is 41.7 Å². The van der Waals surface area contributed by atoms with Crippen LogP contribution >= 0.6 is 0 Å². The molecule has 0 spiro atoms. The largest absolute Gasteiger partial charge is 0.322 e. The van der Waals surface area contributed by atoms with Gasteiger partial charge in [-0.3, -0.25) is 24.5 Å². The van der Waals surface area contributed by atoms with Gasteiger partial charge in [-0.25, -0.2) is 4.39 Å². The first-order valence-corrected chi connectivity index (χ1v) is 9.56. The number of carbonyl (C=O) groups excluding carboxylic acids is 4. The lowest BCUT2D eigenvalue weighted by molar-refractivity contribution is -0.136. The van der Waals surface area contributed by atoms with Gasteiger partial charge in [0.05, 0.1) is 0 Å². The Bertz CT molecular complexity index is 1120. The van der Waals surface area contributed by atoms with E-state index in [9.17, 15) is 19.2 Å². The van der Waals surface area contributed by atoms with Gasteiger partial charge in [0, 0.05) is 36.1 Å². The molecule has 29 heavy (non-hydrogen) atoms. The summed E-state index contributed by atoms with van der Waals surface area (Å²) in [5, 5.41) is 2.28. The van der Waals surface area contributed by atoms with Crippen molar-refractivity contribution in [3.8, 4) is 11.1 Å². The lowest BCUT2D eigenvalue weighted by Gasteiger charge is -2.29. The highest BCUT2D eigenvalue weighted by atomic mass is 19.1. The van der Waals surface area contributed by atoms with Crippen LogP contribution in [-0.2, 0) is 22.6 Å². The van der Waals surface area contributed by atoms with Gasteiger partial charge in [0.15, 0.2) is 5.78 Å². The molecule has 1 unspecified atom stereocenters. The Morgan fingerprint density at radius 2 is 1.69 bits per heavy atom. The summed E-state index contributed by atoms with van der Waals surface area (Å²) in [7, 11) is 0. The van der Waals surface area contributed by atoms with Crippen LogP contribution in [0.2, 0.25) is 0 Å². The Morgan fingerprint density at radius 1 is 0.931 bits per heavy atom. The normalized spacial score (nSPS) is 20.7. The van der Waals surface area contributed by atoms with Crippen molar-refractivity contribution in [3.05, 3.63) is 58.4 Å². The third kappa shape index (κ3) is 2.68. The van der Waals surface area contributed by atoms with Crippen LogP contribution in [0.4, 0.5) is 4.39 Å². The van der Waals surface area contributed by atoms with E-state index in [2.05, 4.69) is 5.32 Å². The average Bonchev–Trinajstić information content (AvgIpc) is 3.23. The van der Waals surface area contributed by atoms with E-state index in [0.29, 0.717) is 52.6 Å². The number of Topliss-reactive ketones (excluding diaryl/α,β-unsaturated/α-hetero) is 1. The first-order chi connectivity index (χ1) is 13.9. The summed E-state index contributed by atoms with van der Waals surface area (Å²) in [5.74, 6) is -1.48. The van der Waals surface area contributed by atoms with Gasteiger partial charge in [-0.1, -0.05) is 18.2 Å². The summed E-state index contributed by atoms with van der Waals surface area (Å²) in [5.41, 5.74) is 3.12. The zero-order valence-corrected chi connectivity index (χ0v) is 15.5. The van der Waals surface area contributed by atoms with Crippen LogP contribution in [0.25, 0.3) is 11.1 Å². The molecular weight excluding hydrogens is 375 g/mol. The number of benzene rings is 2. The minimum absolute atomic E-state index is 0.0371. The molecule has 1 saturated heterocycles. The van der Waals surface area contributed by atoms with Crippen molar-refractivity contribution in [2.24, 2.45) is 0 Å². The predicted molar refractivity (Wildman–Crippen MR) is 101 cm³/mol. The fraction of sp³-hybridized carbons (Fsp3) is 0.273. The number of rotatable bonds is 2. The third-order valence-electron chi connectivity index (χ3n) is 5.98. The number of imide groups is 1. The monoisotopic (exact) mass is 392 g/mol. The van der Waals surface area contributed by atoms with Gasteiger partial charge in [0.2, 0.25) is 11.8 Å². The fourth-order valence-corrected chi connectivity index (χ4v) is 4.46. The topological polar surface area (TPSA) is 83.6 Å². The average molecular weight is 392 g/mol. The van der Waals surface area contributed by atoms with Crippen LogP contribution in [0, 0.1) is 5.82 Å². The van der Waals surface area contributed by atoms with E-state index < -0.39 is 11.9 Å². The molecule has 5 rings (SSSR count). The Balaban J connectivity index is 1.47. The number of fused-ring (bicyclic) bond motifs is 2. The van der Waals surface area contributed by atoms with Gasteiger partial charge in [0.1, 0.15) is 11.9 Å². The van der Waals surface area contributed by atoms with Crippen LogP contribution in [0.1, 0.15) is 51.1 Å². The molecular formula is C22H17FN2O4. The van der Waals surface area contributed by atoms with Crippen molar-refractivity contribution in [1.29, 1.82) is 0 Å². The minimum Gasteiger partial charge on any atom is -0.322 e. The molecule has 2 heterocycles. The first kappa shape index (κ1) is 17.7. The van der Waals surface area contributed by atoms with Crippen LogP contribution in [0.15, 0.2) is 30.3 Å². The second-order valence-corrected chi connectivity index (χ2v) is 7.65. The standard InChI is InChI=1S/C22H17FN2O4/c23-20-13(3-4-15-16(20)5-7-18(15)26)11-1-2-14-12(9-11)10-25(22(14)29)17-6-8-19(27)24-21(17)28/h1-4,9,17H,5-8,10H2,(H,24,27,28). The molecule has 2 aromatic rings. The maximum Gasteiger partial charge on any atom is 0.255 e. The molecule has 0 radical (unpaired) electrons. The molecule has 1 fully saturated rings. The molecule has 3 aliphatic rings. The zero-order chi connectivity index (χ0) is 20.3. The molecule has 7 heteroatoms. The van der Waals surface area contributed by atoms with Crippen molar-refractivity contribution in [3.63, 3.8) is 0 Å². The number of carbonyl (C=O) groups is 4. The predicted octanol–water partition coefficient (Wildman–Crippen LogP) is 2.38. The molecule has 2 aliphatic heterocycles. The summed E-state index contributed by atoms with van der Waals surface area (Å²) in [6.07, 6.45) is 1.22. The Hall–Kier alpha value is -3.35. The molecule has 146 valence electrons. The van der Waals surface area contributed by atoms with Gasteiger partial charge >= 0.3 is 0 Å². The van der Waals surface area contributed by atoms with Crippen molar-refractivity contribution < 1.29 is 23.6 Å². The molecule has 6 nitrogen and oxygen atoms in total. The Morgan fingerprint density at radius 3 is 2.48 bits per heavy atom. The van der Waals surface area contributed by atoms with Crippen molar-refractivity contribution in [2.75, 3.05) is 0 Å². The van der Waals surface area contributed by atoms with E-state index in [4.69, 9.17) is 0 Å². The summed E-state index contributed by atoms with van der Waals surface area (Å²) in [6.45, 7) is 0.235. The second-order valence-electron chi connectivity index (χ2n) is 7.65. The van der Waals surface area contributed by atoms with Crippen LogP contribution < -0.4 is 5.32 Å². The molecule has 0 aromatic heterocycles. The van der Waals surface area contributed by atoms with Crippen LogP contribution in [0.5, 0.6) is 0 Å². The molecule has 1 aliphatic carbocycles. The Kier molecular flexibility index (Phi) is 3.87. The zero-order valence-electron chi connectivity index (χ0n) is 15.5. The van der Waals surface area contributed by atoms with Gasteiger partial charge in [0.25, 0.3) is 5.91 Å². The van der Waals surface area contributed by atoms with E-state index in [1.807, 2.05) is 0 Å². The summed E-state index contributed by atoms with van der Waals surface area (Å²) in [6, 6.07) is 7.69. The number of amides is 3. The van der Waals surface area contributed by atoms with Gasteiger partial charge in [-0.2, -0.15) is 0 Å². The lowest BCUT2D eigenvalue weighted by Crippen LogP contribution is -2.52. The molecule has 0 saturated carbocycles. The molecule has 3 amide bonds. The Labute approximate surface area is 165 Å². The number of halogens is 1. The van der Waals surface area contributed by atoms with Gasteiger partial charge in [-0.15, -0.1) is 0 Å². The summed E-state index contributed by atoms with van der Waals surface area (Å²) >= 11 is 0. The number of nitrogens with one attached hydrogen (secondary N) is 1. The van der Waals surface area contributed by atoms with Crippen molar-refractivity contribution >= 4 is 23.5 Å². The smallest absolute Gasteiger partial charge is 0.255 e. The van der Waals surface area contributed by atoms with Crippen molar-refractivity contribution in [1.82, 2.24) is 10.2 Å². The minimum atomic E-state index is -0.682. The maximum absolute atomic E-state index is 15.0. The van der Waals surface area contributed by atoms with E-state index in [-0.39, 0.29) is 36.4 Å². The number of piperidine rings is 1. The third-order valence-corrected chi connectivity index (χ3v) is 5.98. The number of ketones is 1. The molecule has 1 atom stereocenters.